The fourth-order valence-corrected chi connectivity index (χ4v) is 1.92. The lowest BCUT2D eigenvalue weighted by Gasteiger charge is -2.14. The van der Waals surface area contributed by atoms with E-state index in [1.807, 2.05) is 0 Å². The van der Waals surface area contributed by atoms with Crippen molar-refractivity contribution in [2.75, 3.05) is 39.1 Å². The summed E-state index contributed by atoms with van der Waals surface area (Å²) in [4.78, 5) is 2.51. The molecule has 1 rings (SSSR count). The van der Waals surface area contributed by atoms with Crippen LogP contribution in [0.15, 0.2) is 0 Å². The number of hydrogen-bond acceptors (Lipinski definition) is 3. The fourth-order valence-electron chi connectivity index (χ4n) is 1.78. The molecule has 0 aromatic heterocycles. The highest BCUT2D eigenvalue weighted by molar-refractivity contribution is 7.80. The molecule has 0 saturated carbocycles. The van der Waals surface area contributed by atoms with Crippen LogP contribution in [0.3, 0.4) is 0 Å². The predicted molar refractivity (Wildman–Crippen MR) is 54.9 cm³/mol. The van der Waals surface area contributed by atoms with E-state index in [-0.39, 0.29) is 0 Å². The molecule has 1 atom stereocenters. The van der Waals surface area contributed by atoms with E-state index in [1.165, 1.54) is 32.5 Å². The molecule has 1 unspecified atom stereocenters. The molecule has 2 nitrogen and oxygen atoms in total. The molecule has 12 heavy (non-hydrogen) atoms. The van der Waals surface area contributed by atoms with Gasteiger partial charge in [0.1, 0.15) is 0 Å². The number of methoxy groups -OCH3 is 1. The Hall–Kier alpha value is 0.270. The van der Waals surface area contributed by atoms with Crippen LogP contribution >= 0.6 is 12.6 Å². The minimum atomic E-state index is 0.773. The average Bonchev–Trinajstić information content (AvgIpc) is 2.50. The number of thiol groups is 1. The van der Waals surface area contributed by atoms with Gasteiger partial charge >= 0.3 is 0 Å². The van der Waals surface area contributed by atoms with Crippen molar-refractivity contribution in [3.63, 3.8) is 0 Å². The molecule has 0 bridgehead atoms. The number of ether oxygens (including phenoxy) is 1. The van der Waals surface area contributed by atoms with E-state index in [0.29, 0.717) is 0 Å². The van der Waals surface area contributed by atoms with Gasteiger partial charge < -0.3 is 9.64 Å². The molecule has 0 amide bonds. The summed E-state index contributed by atoms with van der Waals surface area (Å²) in [5.74, 6) is 1.78. The summed E-state index contributed by atoms with van der Waals surface area (Å²) in [6.45, 7) is 4.62. The first kappa shape index (κ1) is 10.4. The van der Waals surface area contributed by atoms with Crippen LogP contribution in [-0.2, 0) is 4.74 Å². The first-order chi connectivity index (χ1) is 5.86. The van der Waals surface area contributed by atoms with Gasteiger partial charge in [-0.05, 0) is 37.6 Å². The van der Waals surface area contributed by atoms with E-state index in [9.17, 15) is 0 Å². The van der Waals surface area contributed by atoms with Gasteiger partial charge in [0, 0.05) is 13.7 Å². The molecule has 72 valence electrons. The second-order valence-corrected chi connectivity index (χ2v) is 3.94. The zero-order chi connectivity index (χ0) is 8.81. The normalized spacial score (nSPS) is 25.0. The number of hydrogen-bond donors (Lipinski definition) is 1. The Labute approximate surface area is 80.7 Å². The summed E-state index contributed by atoms with van der Waals surface area (Å²) >= 11 is 4.21. The Morgan fingerprint density at radius 1 is 1.58 bits per heavy atom. The molecule has 0 aromatic rings. The van der Waals surface area contributed by atoms with Crippen LogP contribution in [0.4, 0.5) is 0 Å². The summed E-state index contributed by atoms with van der Waals surface area (Å²) in [5.41, 5.74) is 0. The lowest BCUT2D eigenvalue weighted by molar-refractivity contribution is 0.153. The molecule has 0 N–H and O–H groups in total. The van der Waals surface area contributed by atoms with E-state index in [2.05, 4.69) is 17.5 Å². The first-order valence-corrected chi connectivity index (χ1v) is 5.32. The first-order valence-electron chi connectivity index (χ1n) is 4.69. The smallest absolute Gasteiger partial charge is 0.0503 e. The third-order valence-corrected chi connectivity index (χ3v) is 2.72. The number of likely N-dealkylation sites (tertiary alicyclic amines) is 1. The van der Waals surface area contributed by atoms with Gasteiger partial charge in [-0.2, -0.15) is 12.6 Å². The van der Waals surface area contributed by atoms with Gasteiger partial charge in [0.15, 0.2) is 0 Å². The van der Waals surface area contributed by atoms with E-state index < -0.39 is 0 Å². The molecular weight excluding hydrogens is 170 g/mol. The second-order valence-electron chi connectivity index (χ2n) is 3.49. The van der Waals surface area contributed by atoms with Gasteiger partial charge in [0.05, 0.1) is 6.61 Å². The Balaban J connectivity index is 2.08. The summed E-state index contributed by atoms with van der Waals surface area (Å²) in [6, 6.07) is 0. The Bertz CT molecular complexity index is 121. The van der Waals surface area contributed by atoms with Crippen molar-refractivity contribution in [1.29, 1.82) is 0 Å². The van der Waals surface area contributed by atoms with E-state index >= 15 is 0 Å². The van der Waals surface area contributed by atoms with Crippen LogP contribution in [-0.4, -0.2) is 44.0 Å². The van der Waals surface area contributed by atoms with Gasteiger partial charge in [0.2, 0.25) is 0 Å². The van der Waals surface area contributed by atoms with Crippen molar-refractivity contribution in [3.05, 3.63) is 0 Å². The van der Waals surface area contributed by atoms with Crippen molar-refractivity contribution >= 4 is 12.6 Å². The predicted octanol–water partition coefficient (Wildman–Crippen LogP) is 1.27. The minimum absolute atomic E-state index is 0.773. The van der Waals surface area contributed by atoms with Gasteiger partial charge in [-0.15, -0.1) is 0 Å². The number of nitrogens with zero attached hydrogens (tertiary/aromatic N) is 1. The monoisotopic (exact) mass is 189 g/mol. The maximum absolute atomic E-state index is 5.14. The molecule has 0 aromatic carbocycles. The maximum Gasteiger partial charge on any atom is 0.0503 e. The summed E-state index contributed by atoms with van der Waals surface area (Å²) in [6.07, 6.45) is 2.52. The zero-order valence-electron chi connectivity index (χ0n) is 7.83. The van der Waals surface area contributed by atoms with E-state index in [0.717, 1.165) is 18.3 Å². The molecule has 1 aliphatic heterocycles. The molecule has 3 heteroatoms. The van der Waals surface area contributed by atoms with Crippen molar-refractivity contribution in [3.8, 4) is 0 Å². The van der Waals surface area contributed by atoms with E-state index in [4.69, 9.17) is 4.74 Å². The molecule has 1 saturated heterocycles. The van der Waals surface area contributed by atoms with Crippen molar-refractivity contribution in [1.82, 2.24) is 4.90 Å². The Morgan fingerprint density at radius 2 is 2.42 bits per heavy atom. The molecule has 1 fully saturated rings. The lowest BCUT2D eigenvalue weighted by atomic mass is 10.1. The highest BCUT2D eigenvalue weighted by Crippen LogP contribution is 2.16. The van der Waals surface area contributed by atoms with E-state index in [1.54, 1.807) is 7.11 Å². The highest BCUT2D eigenvalue weighted by Gasteiger charge is 2.21. The quantitative estimate of drug-likeness (QED) is 0.654. The summed E-state index contributed by atoms with van der Waals surface area (Å²) < 4.78 is 5.14. The van der Waals surface area contributed by atoms with Crippen molar-refractivity contribution < 1.29 is 4.74 Å². The molecule has 0 radical (unpaired) electrons. The topological polar surface area (TPSA) is 12.5 Å². The van der Waals surface area contributed by atoms with Crippen LogP contribution in [0.1, 0.15) is 12.8 Å². The Kier molecular flexibility index (Phi) is 5.04. The SMILES string of the molecule is COCC1CCN(CCCS)C1. The van der Waals surface area contributed by atoms with Gasteiger partial charge in [0.25, 0.3) is 0 Å². The van der Waals surface area contributed by atoms with Gasteiger partial charge in [-0.3, -0.25) is 0 Å². The van der Waals surface area contributed by atoms with Gasteiger partial charge in [-0.25, -0.2) is 0 Å². The second kappa shape index (κ2) is 5.84. The largest absolute Gasteiger partial charge is 0.384 e. The summed E-state index contributed by atoms with van der Waals surface area (Å²) in [7, 11) is 1.79. The van der Waals surface area contributed by atoms with Crippen LogP contribution in [0.2, 0.25) is 0 Å². The average molecular weight is 189 g/mol. The van der Waals surface area contributed by atoms with Crippen LogP contribution in [0, 0.1) is 5.92 Å². The molecular formula is C9H19NOS. The Morgan fingerprint density at radius 3 is 3.08 bits per heavy atom. The fraction of sp³-hybridized carbons (Fsp3) is 1.00. The van der Waals surface area contributed by atoms with Crippen molar-refractivity contribution in [2.45, 2.75) is 12.8 Å². The molecule has 1 aliphatic rings. The van der Waals surface area contributed by atoms with Crippen LogP contribution < -0.4 is 0 Å². The summed E-state index contributed by atoms with van der Waals surface area (Å²) in [5, 5.41) is 0. The van der Waals surface area contributed by atoms with Crippen LogP contribution in [0.5, 0.6) is 0 Å². The maximum atomic E-state index is 5.14. The van der Waals surface area contributed by atoms with Gasteiger partial charge in [-0.1, -0.05) is 0 Å². The zero-order valence-corrected chi connectivity index (χ0v) is 8.72. The lowest BCUT2D eigenvalue weighted by Crippen LogP contribution is -2.23. The number of rotatable bonds is 5. The molecule has 0 spiro atoms. The third-order valence-electron chi connectivity index (χ3n) is 2.40. The molecule has 1 heterocycles. The van der Waals surface area contributed by atoms with Crippen molar-refractivity contribution in [2.24, 2.45) is 5.92 Å². The minimum Gasteiger partial charge on any atom is -0.384 e. The standard InChI is InChI=1S/C9H19NOS/c1-11-8-9-3-5-10(7-9)4-2-6-12/h9,12H,2-8H2,1H3. The third kappa shape index (κ3) is 3.33. The van der Waals surface area contributed by atoms with Crippen LogP contribution in [0.25, 0.3) is 0 Å². The highest BCUT2D eigenvalue weighted by atomic mass is 32.1. The molecule has 0 aliphatic carbocycles.